The van der Waals surface area contributed by atoms with Gasteiger partial charge in [-0.05, 0) is 31.4 Å². The summed E-state index contributed by atoms with van der Waals surface area (Å²) in [5, 5.41) is 0.462. The maximum atomic E-state index is 13.8. The van der Waals surface area contributed by atoms with Gasteiger partial charge in [0.05, 0.1) is 30.9 Å². The largest absolute Gasteiger partial charge is 0.497 e. The zero-order chi connectivity index (χ0) is 24.0. The molecule has 0 amide bonds. The van der Waals surface area contributed by atoms with Crippen LogP contribution in [-0.2, 0) is 6.54 Å². The zero-order valence-corrected chi connectivity index (χ0v) is 20.0. The Bertz CT molecular complexity index is 1580. The summed E-state index contributed by atoms with van der Waals surface area (Å²) < 4.78 is 14.6. The molecule has 3 aromatic heterocycles. The van der Waals surface area contributed by atoms with Crippen molar-refractivity contribution in [1.82, 2.24) is 24.1 Å². The predicted molar refractivity (Wildman–Crippen MR) is 133 cm³/mol. The van der Waals surface area contributed by atoms with E-state index in [1.54, 1.807) is 24.9 Å². The number of para-hydroxylation sites is 2. The van der Waals surface area contributed by atoms with Crippen molar-refractivity contribution >= 4 is 33.2 Å². The Kier molecular flexibility index (Phi) is 5.43. The van der Waals surface area contributed by atoms with Crippen LogP contribution in [0.1, 0.15) is 26.1 Å². The predicted octanol–water partition coefficient (Wildman–Crippen LogP) is 4.66. The van der Waals surface area contributed by atoms with Gasteiger partial charge in [-0.15, -0.1) is 0 Å². The van der Waals surface area contributed by atoms with Crippen molar-refractivity contribution in [2.24, 2.45) is 5.92 Å². The number of hydrogen-bond donors (Lipinski definition) is 0. The number of aromatic nitrogens is 5. The van der Waals surface area contributed by atoms with Gasteiger partial charge in [-0.25, -0.2) is 15.0 Å². The number of benzene rings is 2. The Morgan fingerprint density at radius 1 is 0.912 bits per heavy atom. The highest BCUT2D eigenvalue weighted by molar-refractivity contribution is 6.05. The van der Waals surface area contributed by atoms with E-state index in [0.29, 0.717) is 52.0 Å². The van der Waals surface area contributed by atoms with Crippen molar-refractivity contribution < 1.29 is 9.47 Å². The average molecular weight is 458 g/mol. The van der Waals surface area contributed by atoms with Gasteiger partial charge in [0.15, 0.2) is 11.3 Å². The Labute approximate surface area is 196 Å². The van der Waals surface area contributed by atoms with Crippen LogP contribution in [0.2, 0.25) is 0 Å². The van der Waals surface area contributed by atoms with Gasteiger partial charge in [-0.3, -0.25) is 13.9 Å². The fourth-order valence-corrected chi connectivity index (χ4v) is 4.25. The standard InChI is InChI=1S/C26H27N5O3/c1-15(2)10-11-30-16(3)27-24-22(26(30)32)23-25(29-21-9-7-6-8-20(21)28-23)31(24)17-12-18(33-4)14-19(13-17)34-5/h6-9,12-15H,10-11H2,1-5H3. The molecule has 0 saturated carbocycles. The molecule has 0 saturated heterocycles. The van der Waals surface area contributed by atoms with Crippen LogP contribution in [0.4, 0.5) is 0 Å². The molecule has 0 spiro atoms. The van der Waals surface area contributed by atoms with Crippen LogP contribution in [0.5, 0.6) is 11.5 Å². The van der Waals surface area contributed by atoms with E-state index in [1.807, 2.05) is 47.9 Å². The van der Waals surface area contributed by atoms with Crippen molar-refractivity contribution in [1.29, 1.82) is 0 Å². The molecule has 34 heavy (non-hydrogen) atoms. The summed E-state index contributed by atoms with van der Waals surface area (Å²) in [6.07, 6.45) is 0.883. The Hall–Kier alpha value is -3.94. The van der Waals surface area contributed by atoms with Crippen molar-refractivity contribution in [2.75, 3.05) is 14.2 Å². The summed E-state index contributed by atoms with van der Waals surface area (Å²) in [5.41, 5.74) is 3.71. The second-order valence-corrected chi connectivity index (χ2v) is 8.79. The van der Waals surface area contributed by atoms with Crippen LogP contribution >= 0.6 is 0 Å². The number of methoxy groups -OCH3 is 2. The Morgan fingerprint density at radius 3 is 2.18 bits per heavy atom. The summed E-state index contributed by atoms with van der Waals surface area (Å²) in [6.45, 7) is 6.76. The van der Waals surface area contributed by atoms with Gasteiger partial charge in [0.2, 0.25) is 0 Å². The van der Waals surface area contributed by atoms with Crippen LogP contribution < -0.4 is 15.0 Å². The van der Waals surface area contributed by atoms with Gasteiger partial charge in [0.1, 0.15) is 28.2 Å². The van der Waals surface area contributed by atoms with E-state index < -0.39 is 0 Å². The van der Waals surface area contributed by atoms with Crippen molar-refractivity contribution in [2.45, 2.75) is 33.7 Å². The van der Waals surface area contributed by atoms with E-state index in [-0.39, 0.29) is 5.56 Å². The maximum absolute atomic E-state index is 13.8. The molecule has 8 nitrogen and oxygen atoms in total. The van der Waals surface area contributed by atoms with Crippen LogP contribution in [0.15, 0.2) is 47.3 Å². The summed E-state index contributed by atoms with van der Waals surface area (Å²) in [7, 11) is 3.21. The Morgan fingerprint density at radius 2 is 1.56 bits per heavy atom. The van der Waals surface area contributed by atoms with Gasteiger partial charge in [0.25, 0.3) is 5.56 Å². The zero-order valence-electron chi connectivity index (χ0n) is 20.0. The molecule has 0 fully saturated rings. The minimum atomic E-state index is -0.105. The first-order valence-electron chi connectivity index (χ1n) is 11.3. The maximum Gasteiger partial charge on any atom is 0.265 e. The second kappa shape index (κ2) is 8.44. The molecule has 5 rings (SSSR count). The third kappa shape index (κ3) is 3.55. The molecule has 0 unspecified atom stereocenters. The van der Waals surface area contributed by atoms with E-state index >= 15 is 0 Å². The summed E-state index contributed by atoms with van der Waals surface area (Å²) in [4.78, 5) is 28.5. The van der Waals surface area contributed by atoms with Crippen molar-refractivity contribution in [3.05, 3.63) is 58.6 Å². The molecular formula is C26H27N5O3. The van der Waals surface area contributed by atoms with Gasteiger partial charge in [-0.1, -0.05) is 26.0 Å². The number of ether oxygens (including phenoxy) is 2. The average Bonchev–Trinajstić information content (AvgIpc) is 3.14. The van der Waals surface area contributed by atoms with E-state index in [0.717, 1.165) is 23.1 Å². The third-order valence-corrected chi connectivity index (χ3v) is 6.08. The normalized spacial score (nSPS) is 11.7. The smallest absolute Gasteiger partial charge is 0.265 e. The van der Waals surface area contributed by atoms with Gasteiger partial charge >= 0.3 is 0 Å². The second-order valence-electron chi connectivity index (χ2n) is 8.79. The van der Waals surface area contributed by atoms with Crippen LogP contribution in [0, 0.1) is 12.8 Å². The molecule has 2 aromatic carbocycles. The molecule has 0 radical (unpaired) electrons. The van der Waals surface area contributed by atoms with Crippen molar-refractivity contribution in [3.63, 3.8) is 0 Å². The lowest BCUT2D eigenvalue weighted by molar-refractivity contribution is 0.394. The number of fused-ring (bicyclic) bond motifs is 4. The van der Waals surface area contributed by atoms with Crippen LogP contribution in [0.25, 0.3) is 38.9 Å². The summed E-state index contributed by atoms with van der Waals surface area (Å²) in [5.74, 6) is 2.37. The van der Waals surface area contributed by atoms with Gasteiger partial charge in [-0.2, -0.15) is 0 Å². The number of nitrogens with zero attached hydrogens (tertiary/aromatic N) is 5. The first-order chi connectivity index (χ1) is 16.4. The topological polar surface area (TPSA) is 84.1 Å². The molecule has 0 bridgehead atoms. The van der Waals surface area contributed by atoms with Gasteiger partial charge < -0.3 is 9.47 Å². The van der Waals surface area contributed by atoms with E-state index in [1.165, 1.54) is 0 Å². The molecule has 0 atom stereocenters. The summed E-state index contributed by atoms with van der Waals surface area (Å²) in [6, 6.07) is 13.2. The highest BCUT2D eigenvalue weighted by atomic mass is 16.5. The minimum absolute atomic E-state index is 0.105. The molecule has 3 heterocycles. The summed E-state index contributed by atoms with van der Waals surface area (Å²) >= 11 is 0. The first-order valence-corrected chi connectivity index (χ1v) is 11.3. The fraction of sp³-hybridized carbons (Fsp3) is 0.308. The van der Waals surface area contributed by atoms with Crippen molar-refractivity contribution in [3.8, 4) is 17.2 Å². The lowest BCUT2D eigenvalue weighted by Gasteiger charge is -2.13. The lowest BCUT2D eigenvalue weighted by Crippen LogP contribution is -2.24. The number of hydrogen-bond acceptors (Lipinski definition) is 6. The quantitative estimate of drug-likeness (QED) is 0.369. The molecule has 0 aliphatic rings. The third-order valence-electron chi connectivity index (χ3n) is 6.08. The first kappa shape index (κ1) is 21.9. The highest BCUT2D eigenvalue weighted by Crippen LogP contribution is 2.32. The molecule has 0 aliphatic heterocycles. The molecule has 8 heteroatoms. The monoisotopic (exact) mass is 457 g/mol. The molecular weight excluding hydrogens is 430 g/mol. The van der Waals surface area contributed by atoms with E-state index in [9.17, 15) is 4.79 Å². The Balaban J connectivity index is 1.93. The van der Waals surface area contributed by atoms with E-state index in [2.05, 4.69) is 13.8 Å². The lowest BCUT2D eigenvalue weighted by atomic mass is 10.1. The number of rotatable bonds is 6. The molecule has 5 aromatic rings. The molecule has 0 aliphatic carbocycles. The highest BCUT2D eigenvalue weighted by Gasteiger charge is 2.23. The van der Waals surface area contributed by atoms with Crippen LogP contribution in [0.3, 0.4) is 0 Å². The number of aryl methyl sites for hydroxylation is 1. The van der Waals surface area contributed by atoms with Gasteiger partial charge in [0, 0.05) is 24.7 Å². The molecule has 174 valence electrons. The molecule has 0 N–H and O–H groups in total. The van der Waals surface area contributed by atoms with Crippen LogP contribution in [-0.4, -0.2) is 38.3 Å². The van der Waals surface area contributed by atoms with E-state index in [4.69, 9.17) is 24.4 Å². The minimum Gasteiger partial charge on any atom is -0.497 e. The SMILES string of the molecule is COc1cc(OC)cc(-n2c3nc4ccccc4nc3c3c(=O)n(CCC(C)C)c(C)nc32)c1. The fourth-order valence-electron chi connectivity index (χ4n) is 4.25.